The van der Waals surface area contributed by atoms with Gasteiger partial charge in [-0.1, -0.05) is 53.2 Å². The Balaban J connectivity index is 1.55. The van der Waals surface area contributed by atoms with Crippen LogP contribution in [0.15, 0.2) is 82.8 Å². The molecule has 1 aromatic heterocycles. The lowest BCUT2D eigenvalue weighted by atomic mass is 10.1. The first-order valence-corrected chi connectivity index (χ1v) is 13.0. The number of carbonyl (C=O) groups is 1. The van der Waals surface area contributed by atoms with Gasteiger partial charge in [0.15, 0.2) is 11.0 Å². The first-order chi connectivity index (χ1) is 16.2. The number of aryl methyl sites for hydroxylation is 1. The van der Waals surface area contributed by atoms with E-state index in [2.05, 4.69) is 15.5 Å². The molecule has 3 N–H and O–H groups in total. The van der Waals surface area contributed by atoms with E-state index in [1.807, 2.05) is 47.9 Å². The molecule has 0 spiro atoms. The summed E-state index contributed by atoms with van der Waals surface area (Å²) >= 11 is 7.29. The van der Waals surface area contributed by atoms with Gasteiger partial charge in [0.2, 0.25) is 15.9 Å². The normalized spacial score (nSPS) is 11.4. The van der Waals surface area contributed by atoms with Crippen molar-refractivity contribution in [1.82, 2.24) is 14.8 Å². The molecule has 4 rings (SSSR count). The Morgan fingerprint density at radius 1 is 1.00 bits per heavy atom. The molecule has 4 aromatic rings. The predicted octanol–water partition coefficient (Wildman–Crippen LogP) is 4.27. The first kappa shape index (κ1) is 24.0. The van der Waals surface area contributed by atoms with Gasteiger partial charge < -0.3 is 5.32 Å². The molecule has 1 heterocycles. The highest BCUT2D eigenvalue weighted by Crippen LogP contribution is 2.29. The van der Waals surface area contributed by atoms with Gasteiger partial charge in [-0.2, -0.15) is 0 Å². The van der Waals surface area contributed by atoms with Crippen LogP contribution in [0.2, 0.25) is 5.02 Å². The summed E-state index contributed by atoms with van der Waals surface area (Å²) in [7, 11) is -3.79. The van der Waals surface area contributed by atoms with Crippen molar-refractivity contribution >= 4 is 45.0 Å². The van der Waals surface area contributed by atoms with Crippen molar-refractivity contribution in [2.24, 2.45) is 5.14 Å². The third-order valence-corrected chi connectivity index (χ3v) is 6.94. The van der Waals surface area contributed by atoms with E-state index >= 15 is 0 Å². The Kier molecular flexibility index (Phi) is 7.03. The second-order valence-electron chi connectivity index (χ2n) is 7.39. The monoisotopic (exact) mass is 513 g/mol. The van der Waals surface area contributed by atoms with Gasteiger partial charge in [-0.25, -0.2) is 13.6 Å². The van der Waals surface area contributed by atoms with Crippen LogP contribution in [0, 0.1) is 6.92 Å². The molecule has 0 saturated carbocycles. The Bertz CT molecular complexity index is 1420. The van der Waals surface area contributed by atoms with E-state index in [9.17, 15) is 13.2 Å². The summed E-state index contributed by atoms with van der Waals surface area (Å²) in [6.45, 7) is 2.01. The third-order valence-electron chi connectivity index (χ3n) is 4.83. The number of nitrogens with zero attached hydrogens (tertiary/aromatic N) is 3. The van der Waals surface area contributed by atoms with Crippen molar-refractivity contribution < 1.29 is 13.2 Å². The largest absolute Gasteiger partial charge is 0.325 e. The molecule has 0 unspecified atom stereocenters. The average molecular weight is 514 g/mol. The number of aromatic nitrogens is 3. The number of primary sulfonamides is 1. The molecular formula is C23H20ClN5O3S2. The molecule has 174 valence electrons. The highest BCUT2D eigenvalue weighted by Gasteiger charge is 2.17. The molecular weight excluding hydrogens is 494 g/mol. The Labute approximate surface area is 206 Å². The summed E-state index contributed by atoms with van der Waals surface area (Å²) < 4.78 is 24.6. The lowest BCUT2D eigenvalue weighted by Gasteiger charge is -2.11. The van der Waals surface area contributed by atoms with Gasteiger partial charge in [-0.3, -0.25) is 9.36 Å². The molecule has 0 aliphatic rings. The predicted molar refractivity (Wildman–Crippen MR) is 134 cm³/mol. The lowest BCUT2D eigenvalue weighted by molar-refractivity contribution is -0.113. The maximum atomic E-state index is 12.5. The van der Waals surface area contributed by atoms with Crippen molar-refractivity contribution in [2.75, 3.05) is 11.1 Å². The third kappa shape index (κ3) is 5.65. The molecule has 11 heteroatoms. The van der Waals surface area contributed by atoms with Crippen molar-refractivity contribution in [3.05, 3.63) is 83.4 Å². The van der Waals surface area contributed by atoms with Crippen molar-refractivity contribution in [2.45, 2.75) is 17.0 Å². The van der Waals surface area contributed by atoms with Crippen LogP contribution in [0.1, 0.15) is 5.56 Å². The number of sulfonamides is 1. The number of hydrogen-bond acceptors (Lipinski definition) is 6. The highest BCUT2D eigenvalue weighted by atomic mass is 35.5. The molecule has 34 heavy (non-hydrogen) atoms. The highest BCUT2D eigenvalue weighted by molar-refractivity contribution is 7.99. The zero-order chi connectivity index (χ0) is 24.3. The van der Waals surface area contributed by atoms with Gasteiger partial charge in [0.1, 0.15) is 0 Å². The molecule has 1 amide bonds. The number of amides is 1. The average Bonchev–Trinajstić information content (AvgIpc) is 3.22. The number of rotatable bonds is 7. The molecule has 0 aliphatic heterocycles. The van der Waals surface area contributed by atoms with Crippen LogP contribution in [-0.2, 0) is 14.8 Å². The standard InChI is InChI=1S/C23H20ClN5O3S2/c1-15-2-4-16(5-3-15)22-27-28-23(29(22)19-10-6-17(24)7-11-19)33-14-21(30)26-18-8-12-20(13-9-18)34(25,31)32/h2-13H,14H2,1H3,(H,26,30)(H2,25,31,32). The van der Waals surface area contributed by atoms with Gasteiger partial charge in [0.05, 0.1) is 10.6 Å². The van der Waals surface area contributed by atoms with E-state index < -0.39 is 10.0 Å². The quantitative estimate of drug-likeness (QED) is 0.356. The number of hydrogen-bond donors (Lipinski definition) is 2. The first-order valence-electron chi connectivity index (χ1n) is 10.0. The minimum Gasteiger partial charge on any atom is -0.325 e. The zero-order valence-corrected chi connectivity index (χ0v) is 20.4. The van der Waals surface area contributed by atoms with Crippen LogP contribution in [-0.4, -0.2) is 34.8 Å². The molecule has 8 nitrogen and oxygen atoms in total. The van der Waals surface area contributed by atoms with E-state index in [0.717, 1.165) is 16.8 Å². The number of benzene rings is 3. The van der Waals surface area contributed by atoms with Crippen molar-refractivity contribution in [3.8, 4) is 17.1 Å². The maximum Gasteiger partial charge on any atom is 0.238 e. The molecule has 0 saturated heterocycles. The summed E-state index contributed by atoms with van der Waals surface area (Å²) in [5.74, 6) is 0.427. The van der Waals surface area contributed by atoms with Crippen LogP contribution < -0.4 is 10.5 Å². The van der Waals surface area contributed by atoms with Crippen LogP contribution in [0.3, 0.4) is 0 Å². The molecule has 0 fully saturated rings. The summed E-state index contributed by atoms with van der Waals surface area (Å²) in [4.78, 5) is 12.5. The smallest absolute Gasteiger partial charge is 0.238 e. The fraction of sp³-hybridized carbons (Fsp3) is 0.0870. The minimum atomic E-state index is -3.79. The Morgan fingerprint density at radius 2 is 1.65 bits per heavy atom. The van der Waals surface area contributed by atoms with Crippen molar-refractivity contribution in [1.29, 1.82) is 0 Å². The Hall–Kier alpha value is -3.18. The number of nitrogens with two attached hydrogens (primary N) is 1. The lowest BCUT2D eigenvalue weighted by Crippen LogP contribution is -2.15. The van der Waals surface area contributed by atoms with Gasteiger partial charge in [0.25, 0.3) is 0 Å². The number of anilines is 1. The second kappa shape index (κ2) is 9.98. The number of halogens is 1. The number of nitrogens with one attached hydrogen (secondary N) is 1. The summed E-state index contributed by atoms with van der Waals surface area (Å²) in [5.41, 5.74) is 3.29. The molecule has 0 atom stereocenters. The fourth-order valence-corrected chi connectivity index (χ4v) is 4.52. The summed E-state index contributed by atoms with van der Waals surface area (Å²) in [5, 5.41) is 17.7. The van der Waals surface area contributed by atoms with E-state index in [4.69, 9.17) is 16.7 Å². The molecule has 0 bridgehead atoms. The Morgan fingerprint density at radius 3 is 2.26 bits per heavy atom. The van der Waals surface area contributed by atoms with E-state index in [1.54, 1.807) is 12.1 Å². The summed E-state index contributed by atoms with van der Waals surface area (Å²) in [6.07, 6.45) is 0. The molecule has 3 aromatic carbocycles. The summed E-state index contributed by atoms with van der Waals surface area (Å²) in [6, 6.07) is 20.9. The van der Waals surface area contributed by atoms with Crippen LogP contribution in [0.4, 0.5) is 5.69 Å². The van der Waals surface area contributed by atoms with Crippen molar-refractivity contribution in [3.63, 3.8) is 0 Å². The van der Waals surface area contributed by atoms with Gasteiger partial charge in [0, 0.05) is 22.0 Å². The minimum absolute atomic E-state index is 0.0282. The van der Waals surface area contributed by atoms with Gasteiger partial charge in [-0.15, -0.1) is 10.2 Å². The molecule has 0 radical (unpaired) electrons. The van der Waals surface area contributed by atoms with Gasteiger partial charge >= 0.3 is 0 Å². The van der Waals surface area contributed by atoms with E-state index in [1.165, 1.54) is 36.0 Å². The number of thioether (sulfide) groups is 1. The SMILES string of the molecule is Cc1ccc(-c2nnc(SCC(=O)Nc3ccc(S(N)(=O)=O)cc3)n2-c2ccc(Cl)cc2)cc1. The van der Waals surface area contributed by atoms with Gasteiger partial charge in [-0.05, 0) is 55.5 Å². The number of carbonyl (C=O) groups excluding carboxylic acids is 1. The fourth-order valence-electron chi connectivity index (χ4n) is 3.13. The molecule has 0 aliphatic carbocycles. The zero-order valence-electron chi connectivity index (χ0n) is 18.0. The van der Waals surface area contributed by atoms with Crippen LogP contribution >= 0.6 is 23.4 Å². The van der Waals surface area contributed by atoms with Crippen LogP contribution in [0.5, 0.6) is 0 Å². The van der Waals surface area contributed by atoms with E-state index in [-0.39, 0.29) is 16.6 Å². The topological polar surface area (TPSA) is 120 Å². The maximum absolute atomic E-state index is 12.5. The van der Waals surface area contributed by atoms with E-state index in [0.29, 0.717) is 21.7 Å². The second-order valence-corrected chi connectivity index (χ2v) is 10.3. The van der Waals surface area contributed by atoms with Crippen LogP contribution in [0.25, 0.3) is 17.1 Å².